The Labute approximate surface area is 67.2 Å². The second kappa shape index (κ2) is 3.42. The molecule has 0 aromatic heterocycles. The molecule has 0 bridgehead atoms. The fourth-order valence-electron chi connectivity index (χ4n) is 0.925. The predicted octanol–water partition coefficient (Wildman–Crippen LogP) is 1.27. The fourth-order valence-corrected chi connectivity index (χ4v) is 0.925. The molecule has 1 aliphatic heterocycles. The fraction of sp³-hybridized carbons (Fsp3) is 0.625. The molecule has 1 aliphatic rings. The van der Waals surface area contributed by atoms with Crippen molar-refractivity contribution in [1.82, 2.24) is 5.32 Å². The summed E-state index contributed by atoms with van der Waals surface area (Å²) < 4.78 is 5.31. The number of rotatable bonds is 1. The molecule has 0 radical (unpaired) electrons. The summed E-state index contributed by atoms with van der Waals surface area (Å²) in [7, 11) is 0. The molecule has 3 nitrogen and oxygen atoms in total. The zero-order valence-corrected chi connectivity index (χ0v) is 7.22. The zero-order chi connectivity index (χ0) is 8.27. The number of aliphatic imine (C=N–C) groups is 1. The topological polar surface area (TPSA) is 33.6 Å². The van der Waals surface area contributed by atoms with Crippen LogP contribution in [0.4, 0.5) is 0 Å². The summed E-state index contributed by atoms with van der Waals surface area (Å²) in [4.78, 5) is 4.25. The third kappa shape index (κ3) is 1.97. The average Bonchev–Trinajstić information content (AvgIpc) is 1.98. The van der Waals surface area contributed by atoms with E-state index in [1.54, 1.807) is 0 Å². The first-order valence-electron chi connectivity index (χ1n) is 3.88. The van der Waals surface area contributed by atoms with Crippen molar-refractivity contribution in [1.29, 1.82) is 0 Å². The van der Waals surface area contributed by atoms with Crippen molar-refractivity contribution < 1.29 is 4.74 Å². The Hall–Kier alpha value is -0.990. The van der Waals surface area contributed by atoms with Crippen LogP contribution in [-0.4, -0.2) is 18.5 Å². The van der Waals surface area contributed by atoms with Crippen LogP contribution in [0.1, 0.15) is 20.8 Å². The van der Waals surface area contributed by atoms with E-state index in [0.717, 1.165) is 11.6 Å². The first kappa shape index (κ1) is 8.11. The molecule has 1 rings (SSSR count). The van der Waals surface area contributed by atoms with Gasteiger partial charge < -0.3 is 10.1 Å². The lowest BCUT2D eigenvalue weighted by Gasteiger charge is -2.19. The molecule has 0 amide bonds. The quantitative estimate of drug-likeness (QED) is 0.617. The summed E-state index contributed by atoms with van der Waals surface area (Å²) >= 11 is 0. The number of ether oxygens (including phenoxy) is 1. The lowest BCUT2D eigenvalue weighted by atomic mass is 10.3. The minimum absolute atomic E-state index is 0.207. The van der Waals surface area contributed by atoms with Crippen LogP contribution in [0.15, 0.2) is 16.9 Å². The molecule has 0 aliphatic carbocycles. The van der Waals surface area contributed by atoms with E-state index in [4.69, 9.17) is 4.74 Å². The van der Waals surface area contributed by atoms with Gasteiger partial charge in [0.2, 0.25) is 5.90 Å². The number of allylic oxidation sites excluding steroid dienone is 1. The van der Waals surface area contributed by atoms with Gasteiger partial charge in [0.05, 0.1) is 18.3 Å². The van der Waals surface area contributed by atoms with E-state index in [1.807, 2.05) is 27.0 Å². The number of nitrogens with one attached hydrogen (secondary N) is 1. The molecule has 0 saturated heterocycles. The molecule has 0 unspecified atom stereocenters. The number of hydrogen-bond donors (Lipinski definition) is 1. The van der Waals surface area contributed by atoms with E-state index in [1.165, 1.54) is 0 Å². The Kier molecular flexibility index (Phi) is 2.52. The Morgan fingerprint density at radius 2 is 2.45 bits per heavy atom. The molecular formula is C8H14N2O. The van der Waals surface area contributed by atoms with E-state index < -0.39 is 0 Å². The molecule has 1 heterocycles. The summed E-state index contributed by atoms with van der Waals surface area (Å²) in [5, 5.41) is 3.15. The van der Waals surface area contributed by atoms with Crippen LogP contribution >= 0.6 is 0 Å². The lowest BCUT2D eigenvalue weighted by Crippen LogP contribution is -2.34. The smallest absolute Gasteiger partial charge is 0.211 e. The minimum Gasteiger partial charge on any atom is -0.480 e. The van der Waals surface area contributed by atoms with E-state index >= 15 is 0 Å². The molecule has 1 N–H and O–H groups in total. The van der Waals surface area contributed by atoms with Crippen molar-refractivity contribution in [3.05, 3.63) is 11.9 Å². The third-order valence-electron chi connectivity index (χ3n) is 1.49. The molecule has 0 aromatic carbocycles. The Morgan fingerprint density at radius 3 is 3.09 bits per heavy atom. The van der Waals surface area contributed by atoms with Crippen molar-refractivity contribution in [2.75, 3.05) is 6.61 Å². The zero-order valence-electron chi connectivity index (χ0n) is 7.22. The van der Waals surface area contributed by atoms with Crippen molar-refractivity contribution in [2.45, 2.75) is 26.8 Å². The van der Waals surface area contributed by atoms with Gasteiger partial charge in [-0.05, 0) is 20.8 Å². The van der Waals surface area contributed by atoms with Gasteiger partial charge >= 0.3 is 0 Å². The Morgan fingerprint density at radius 1 is 1.73 bits per heavy atom. The maximum absolute atomic E-state index is 5.31. The average molecular weight is 154 g/mol. The highest BCUT2D eigenvalue weighted by Crippen LogP contribution is 2.04. The van der Waals surface area contributed by atoms with Crippen LogP contribution in [0.2, 0.25) is 0 Å². The van der Waals surface area contributed by atoms with Crippen LogP contribution in [0, 0.1) is 0 Å². The molecule has 3 heteroatoms. The van der Waals surface area contributed by atoms with E-state index in [2.05, 4.69) is 10.3 Å². The van der Waals surface area contributed by atoms with Crippen molar-refractivity contribution >= 4 is 5.90 Å². The van der Waals surface area contributed by atoms with Gasteiger partial charge in [0, 0.05) is 6.20 Å². The highest BCUT2D eigenvalue weighted by molar-refractivity contribution is 5.83. The number of hydrogen-bond acceptors (Lipinski definition) is 3. The molecule has 0 fully saturated rings. The van der Waals surface area contributed by atoms with Crippen LogP contribution in [0.25, 0.3) is 0 Å². The molecule has 0 spiro atoms. The highest BCUT2D eigenvalue weighted by atomic mass is 16.5. The second-order valence-electron chi connectivity index (χ2n) is 2.56. The molecule has 1 atom stereocenters. The summed E-state index contributed by atoms with van der Waals surface area (Å²) in [6, 6.07) is 0.207. The van der Waals surface area contributed by atoms with Crippen molar-refractivity contribution in [3.63, 3.8) is 0 Å². The van der Waals surface area contributed by atoms with Gasteiger partial charge in [-0.2, -0.15) is 0 Å². The van der Waals surface area contributed by atoms with Crippen LogP contribution in [-0.2, 0) is 4.74 Å². The maximum Gasteiger partial charge on any atom is 0.211 e. The van der Waals surface area contributed by atoms with Crippen molar-refractivity contribution in [2.24, 2.45) is 4.99 Å². The minimum atomic E-state index is 0.207. The highest BCUT2D eigenvalue weighted by Gasteiger charge is 2.13. The van der Waals surface area contributed by atoms with Crippen LogP contribution < -0.4 is 5.32 Å². The lowest BCUT2D eigenvalue weighted by molar-refractivity contribution is 0.307. The van der Waals surface area contributed by atoms with Crippen LogP contribution in [0.5, 0.6) is 0 Å². The molecule has 11 heavy (non-hydrogen) atoms. The summed E-state index contributed by atoms with van der Waals surface area (Å²) in [5.74, 6) is 0.785. The molecule has 0 aromatic rings. The monoisotopic (exact) mass is 154 g/mol. The van der Waals surface area contributed by atoms with Crippen LogP contribution in [0.3, 0.4) is 0 Å². The predicted molar refractivity (Wildman–Crippen MR) is 45.4 cm³/mol. The SMILES string of the molecule is CCOC1=NC(C)=CN[C@@H]1C. The van der Waals surface area contributed by atoms with Gasteiger partial charge in [-0.1, -0.05) is 0 Å². The van der Waals surface area contributed by atoms with Gasteiger partial charge in [-0.3, -0.25) is 0 Å². The Balaban J connectivity index is 2.64. The van der Waals surface area contributed by atoms with Gasteiger partial charge in [0.1, 0.15) is 0 Å². The molecule has 0 saturated carbocycles. The largest absolute Gasteiger partial charge is 0.480 e. The van der Waals surface area contributed by atoms with Gasteiger partial charge in [-0.25, -0.2) is 4.99 Å². The first-order valence-corrected chi connectivity index (χ1v) is 3.88. The molecular weight excluding hydrogens is 140 g/mol. The van der Waals surface area contributed by atoms with Crippen molar-refractivity contribution in [3.8, 4) is 0 Å². The standard InChI is InChI=1S/C8H14N2O/c1-4-11-8-7(3)9-5-6(2)10-8/h5,7,9H,4H2,1-3H3/t7-/m1/s1. The van der Waals surface area contributed by atoms with E-state index in [9.17, 15) is 0 Å². The maximum atomic E-state index is 5.31. The van der Waals surface area contributed by atoms with Gasteiger partial charge in [0.25, 0.3) is 0 Å². The third-order valence-corrected chi connectivity index (χ3v) is 1.49. The summed E-state index contributed by atoms with van der Waals surface area (Å²) in [6.45, 7) is 6.61. The molecule has 62 valence electrons. The first-order chi connectivity index (χ1) is 5.24. The van der Waals surface area contributed by atoms with E-state index in [0.29, 0.717) is 6.61 Å². The second-order valence-corrected chi connectivity index (χ2v) is 2.56. The Bertz CT molecular complexity index is 196. The summed E-state index contributed by atoms with van der Waals surface area (Å²) in [6.07, 6.45) is 1.90. The van der Waals surface area contributed by atoms with Gasteiger partial charge in [0.15, 0.2) is 0 Å². The number of nitrogens with zero attached hydrogens (tertiary/aromatic N) is 1. The van der Waals surface area contributed by atoms with Gasteiger partial charge in [-0.15, -0.1) is 0 Å². The normalized spacial score (nSPS) is 23.4. The van der Waals surface area contributed by atoms with E-state index in [-0.39, 0.29) is 6.04 Å². The summed E-state index contributed by atoms with van der Waals surface area (Å²) in [5.41, 5.74) is 0.964.